The van der Waals surface area contributed by atoms with Gasteiger partial charge < -0.3 is 10.6 Å². The summed E-state index contributed by atoms with van der Waals surface area (Å²) in [6.45, 7) is 0.735. The fraction of sp³-hybridized carbons (Fsp3) is 0.556. The van der Waals surface area contributed by atoms with Crippen LogP contribution in [-0.2, 0) is 6.42 Å². The van der Waals surface area contributed by atoms with Gasteiger partial charge in [-0.1, -0.05) is 6.92 Å². The zero-order valence-corrected chi connectivity index (χ0v) is 9.02. The lowest BCUT2D eigenvalue weighted by atomic mass is 10.2. The van der Waals surface area contributed by atoms with E-state index in [-0.39, 0.29) is 5.82 Å². The van der Waals surface area contributed by atoms with Crippen molar-refractivity contribution in [2.45, 2.75) is 19.5 Å². The molecule has 0 radical (unpaired) electrons. The second-order valence-corrected chi connectivity index (χ2v) is 3.12. The first kappa shape index (κ1) is 12.5. The van der Waals surface area contributed by atoms with Gasteiger partial charge in [0.15, 0.2) is 0 Å². The van der Waals surface area contributed by atoms with Gasteiger partial charge >= 0.3 is 6.18 Å². The van der Waals surface area contributed by atoms with E-state index in [0.29, 0.717) is 17.8 Å². The molecule has 16 heavy (non-hydrogen) atoms. The van der Waals surface area contributed by atoms with Crippen LogP contribution in [-0.4, -0.2) is 29.7 Å². The lowest BCUT2D eigenvalue weighted by Crippen LogP contribution is -2.22. The molecule has 0 saturated heterocycles. The molecular weight excluding hydrogens is 221 g/mol. The third-order valence-corrected chi connectivity index (χ3v) is 1.99. The maximum atomic E-state index is 12.0. The molecule has 0 spiro atoms. The molecule has 1 heterocycles. The Morgan fingerprint density at radius 1 is 1.25 bits per heavy atom. The van der Waals surface area contributed by atoms with E-state index in [9.17, 15) is 13.2 Å². The SMILES string of the molecule is CCc1c(NC)ncnc1NCC(F)(F)F. The summed E-state index contributed by atoms with van der Waals surface area (Å²) in [7, 11) is 1.66. The molecule has 0 atom stereocenters. The van der Waals surface area contributed by atoms with Crippen LogP contribution in [0.2, 0.25) is 0 Å². The molecule has 0 bridgehead atoms. The number of halogens is 3. The summed E-state index contributed by atoms with van der Waals surface area (Å²) in [5, 5.41) is 5.07. The first-order chi connectivity index (χ1) is 7.48. The zero-order valence-electron chi connectivity index (χ0n) is 9.02. The van der Waals surface area contributed by atoms with Crippen molar-refractivity contribution in [2.75, 3.05) is 24.2 Å². The van der Waals surface area contributed by atoms with E-state index in [1.54, 1.807) is 7.05 Å². The van der Waals surface area contributed by atoms with Crippen LogP contribution in [0.4, 0.5) is 24.8 Å². The molecule has 1 aromatic heterocycles. The minimum absolute atomic E-state index is 0.221. The summed E-state index contributed by atoms with van der Waals surface area (Å²) in [5.41, 5.74) is 0.647. The van der Waals surface area contributed by atoms with Crippen LogP contribution in [0.1, 0.15) is 12.5 Å². The summed E-state index contributed by atoms with van der Waals surface area (Å²) in [5.74, 6) is 0.765. The highest BCUT2D eigenvalue weighted by molar-refractivity contribution is 5.57. The Labute approximate surface area is 91.3 Å². The third-order valence-electron chi connectivity index (χ3n) is 1.99. The van der Waals surface area contributed by atoms with Gasteiger partial charge in [0.05, 0.1) is 0 Å². The van der Waals surface area contributed by atoms with Crippen molar-refractivity contribution >= 4 is 11.6 Å². The van der Waals surface area contributed by atoms with Gasteiger partial charge in [-0.3, -0.25) is 0 Å². The number of nitrogens with zero attached hydrogens (tertiary/aromatic N) is 2. The number of nitrogens with one attached hydrogen (secondary N) is 2. The van der Waals surface area contributed by atoms with Gasteiger partial charge in [0.1, 0.15) is 24.5 Å². The largest absolute Gasteiger partial charge is 0.405 e. The molecule has 0 amide bonds. The number of hydrogen-bond donors (Lipinski definition) is 2. The average molecular weight is 234 g/mol. The molecule has 1 rings (SSSR count). The second-order valence-electron chi connectivity index (χ2n) is 3.12. The lowest BCUT2D eigenvalue weighted by molar-refractivity contribution is -0.115. The molecule has 4 nitrogen and oxygen atoms in total. The first-order valence-electron chi connectivity index (χ1n) is 4.80. The van der Waals surface area contributed by atoms with E-state index in [1.165, 1.54) is 6.33 Å². The summed E-state index contributed by atoms with van der Waals surface area (Å²) in [6.07, 6.45) is -2.48. The Morgan fingerprint density at radius 2 is 1.88 bits per heavy atom. The number of hydrogen-bond acceptors (Lipinski definition) is 4. The van der Waals surface area contributed by atoms with E-state index in [2.05, 4.69) is 20.6 Å². The van der Waals surface area contributed by atoms with Crippen molar-refractivity contribution in [3.8, 4) is 0 Å². The molecule has 0 aliphatic carbocycles. The molecule has 0 aliphatic rings. The van der Waals surface area contributed by atoms with E-state index in [4.69, 9.17) is 0 Å². The van der Waals surface area contributed by atoms with Gasteiger partial charge in [0.2, 0.25) is 0 Å². The van der Waals surface area contributed by atoms with E-state index >= 15 is 0 Å². The van der Waals surface area contributed by atoms with Crippen LogP contribution in [0.15, 0.2) is 6.33 Å². The minimum Gasteiger partial charge on any atom is -0.373 e. The Hall–Kier alpha value is -1.53. The van der Waals surface area contributed by atoms with Crippen LogP contribution in [0.5, 0.6) is 0 Å². The van der Waals surface area contributed by atoms with E-state index < -0.39 is 12.7 Å². The van der Waals surface area contributed by atoms with Crippen LogP contribution in [0, 0.1) is 0 Å². The minimum atomic E-state index is -4.25. The fourth-order valence-corrected chi connectivity index (χ4v) is 1.30. The molecule has 0 aliphatic heterocycles. The van der Waals surface area contributed by atoms with E-state index in [0.717, 1.165) is 0 Å². The second kappa shape index (κ2) is 5.00. The number of rotatable bonds is 4. The third kappa shape index (κ3) is 3.25. The fourth-order valence-electron chi connectivity index (χ4n) is 1.30. The lowest BCUT2D eigenvalue weighted by Gasteiger charge is -2.13. The zero-order chi connectivity index (χ0) is 12.2. The smallest absolute Gasteiger partial charge is 0.373 e. The standard InChI is InChI=1S/C9H13F3N4/c1-3-6-7(13-2)15-5-16-8(6)14-4-9(10,11)12/h5H,3-4H2,1-2H3,(H2,13,14,15,16). The predicted molar refractivity (Wildman–Crippen MR) is 55.5 cm³/mol. The Kier molecular flexibility index (Phi) is 3.92. The van der Waals surface area contributed by atoms with Crippen LogP contribution in [0.3, 0.4) is 0 Å². The number of anilines is 2. The predicted octanol–water partition coefficient (Wildman–Crippen LogP) is 2.05. The van der Waals surface area contributed by atoms with Gasteiger partial charge in [0.25, 0.3) is 0 Å². The summed E-state index contributed by atoms with van der Waals surface area (Å²) >= 11 is 0. The number of aromatic nitrogens is 2. The summed E-state index contributed by atoms with van der Waals surface area (Å²) in [6, 6.07) is 0. The van der Waals surface area contributed by atoms with Crippen molar-refractivity contribution in [1.29, 1.82) is 0 Å². The van der Waals surface area contributed by atoms with E-state index in [1.807, 2.05) is 6.92 Å². The molecule has 2 N–H and O–H groups in total. The maximum Gasteiger partial charge on any atom is 0.405 e. The monoisotopic (exact) mass is 234 g/mol. The van der Waals surface area contributed by atoms with Crippen molar-refractivity contribution in [3.05, 3.63) is 11.9 Å². The number of alkyl halides is 3. The first-order valence-corrected chi connectivity index (χ1v) is 4.80. The van der Waals surface area contributed by atoms with Gasteiger partial charge in [-0.05, 0) is 6.42 Å². The van der Waals surface area contributed by atoms with Gasteiger partial charge in [0, 0.05) is 12.6 Å². The molecule has 0 fully saturated rings. The van der Waals surface area contributed by atoms with Crippen molar-refractivity contribution < 1.29 is 13.2 Å². The molecule has 1 aromatic rings. The highest BCUT2D eigenvalue weighted by Gasteiger charge is 2.27. The Balaban J connectivity index is 2.87. The average Bonchev–Trinajstić information content (AvgIpc) is 2.24. The van der Waals surface area contributed by atoms with Crippen LogP contribution >= 0.6 is 0 Å². The molecule has 0 unspecified atom stereocenters. The van der Waals surface area contributed by atoms with Crippen LogP contribution in [0.25, 0.3) is 0 Å². The van der Waals surface area contributed by atoms with Crippen molar-refractivity contribution in [1.82, 2.24) is 9.97 Å². The molecule has 0 saturated carbocycles. The van der Waals surface area contributed by atoms with Gasteiger partial charge in [-0.15, -0.1) is 0 Å². The molecule has 90 valence electrons. The Morgan fingerprint density at radius 3 is 2.38 bits per heavy atom. The highest BCUT2D eigenvalue weighted by atomic mass is 19.4. The topological polar surface area (TPSA) is 49.8 Å². The highest BCUT2D eigenvalue weighted by Crippen LogP contribution is 2.22. The normalized spacial score (nSPS) is 11.3. The molecule has 7 heteroatoms. The molecule has 0 aromatic carbocycles. The van der Waals surface area contributed by atoms with Gasteiger partial charge in [-0.25, -0.2) is 9.97 Å². The molecular formula is C9H13F3N4. The summed E-state index contributed by atoms with van der Waals surface area (Å²) in [4.78, 5) is 7.73. The van der Waals surface area contributed by atoms with Crippen molar-refractivity contribution in [2.24, 2.45) is 0 Å². The maximum absolute atomic E-state index is 12.0. The van der Waals surface area contributed by atoms with Gasteiger partial charge in [-0.2, -0.15) is 13.2 Å². The Bertz CT molecular complexity index is 351. The summed E-state index contributed by atoms with van der Waals surface area (Å²) < 4.78 is 36.1. The quantitative estimate of drug-likeness (QED) is 0.837. The van der Waals surface area contributed by atoms with Crippen LogP contribution < -0.4 is 10.6 Å². The van der Waals surface area contributed by atoms with Crippen molar-refractivity contribution in [3.63, 3.8) is 0 Å².